The highest BCUT2D eigenvalue weighted by Gasteiger charge is 2.39. The van der Waals surface area contributed by atoms with E-state index in [2.05, 4.69) is 19.2 Å². The molecule has 1 saturated heterocycles. The zero-order valence-corrected chi connectivity index (χ0v) is 10.7. The largest absolute Gasteiger partial charge is 0.470 e. The van der Waals surface area contributed by atoms with Crippen LogP contribution >= 0.6 is 0 Å². The third-order valence-electron chi connectivity index (χ3n) is 3.60. The third kappa shape index (κ3) is 2.22. The summed E-state index contributed by atoms with van der Waals surface area (Å²) in [5.41, 5.74) is 0.845. The standard InChI is InChI=1S/C13H20N2O2/c1-13(2)6-4-7-15(10-5-8-17-9-10)12(16)11(13)14-3/h5,8-9,11,14H,4,6-7H2,1-3H3. The minimum atomic E-state index is -0.139. The molecule has 1 fully saturated rings. The van der Waals surface area contributed by atoms with Crippen LogP contribution in [0.4, 0.5) is 5.69 Å². The van der Waals surface area contributed by atoms with Gasteiger partial charge >= 0.3 is 0 Å². The first kappa shape index (κ1) is 12.2. The molecular weight excluding hydrogens is 216 g/mol. The van der Waals surface area contributed by atoms with Crippen molar-refractivity contribution >= 4 is 11.6 Å². The minimum absolute atomic E-state index is 0.00960. The summed E-state index contributed by atoms with van der Waals surface area (Å²) in [7, 11) is 1.85. The molecule has 0 saturated carbocycles. The molecule has 1 aromatic heterocycles. The van der Waals surface area contributed by atoms with Crippen LogP contribution in [0.1, 0.15) is 26.7 Å². The van der Waals surface area contributed by atoms with Gasteiger partial charge in [-0.3, -0.25) is 4.79 Å². The molecule has 0 aliphatic carbocycles. The Morgan fingerprint density at radius 2 is 2.29 bits per heavy atom. The second-order valence-corrected chi connectivity index (χ2v) is 5.29. The molecule has 0 bridgehead atoms. The van der Waals surface area contributed by atoms with Crippen LogP contribution in [0.5, 0.6) is 0 Å². The molecule has 1 aliphatic heterocycles. The number of hydrogen-bond donors (Lipinski definition) is 1. The van der Waals surface area contributed by atoms with E-state index < -0.39 is 0 Å². The molecule has 1 aliphatic rings. The van der Waals surface area contributed by atoms with Gasteiger partial charge in [0.15, 0.2) is 0 Å². The Balaban J connectivity index is 2.29. The molecular formula is C13H20N2O2. The van der Waals surface area contributed by atoms with Crippen molar-refractivity contribution in [2.24, 2.45) is 5.41 Å². The average Bonchev–Trinajstić information content (AvgIpc) is 2.74. The highest BCUT2D eigenvalue weighted by molar-refractivity contribution is 5.97. The van der Waals surface area contributed by atoms with Crippen molar-refractivity contribution in [1.29, 1.82) is 0 Å². The lowest BCUT2D eigenvalue weighted by molar-refractivity contribution is -0.122. The first-order chi connectivity index (χ1) is 8.06. The Morgan fingerprint density at radius 1 is 1.53 bits per heavy atom. The van der Waals surface area contributed by atoms with Gasteiger partial charge in [-0.05, 0) is 25.3 Å². The smallest absolute Gasteiger partial charge is 0.244 e. The maximum absolute atomic E-state index is 12.5. The fourth-order valence-corrected chi connectivity index (χ4v) is 2.62. The van der Waals surface area contributed by atoms with Gasteiger partial charge in [0.25, 0.3) is 0 Å². The number of nitrogens with one attached hydrogen (secondary N) is 1. The van der Waals surface area contributed by atoms with Crippen molar-refractivity contribution in [3.8, 4) is 0 Å². The Bertz CT molecular complexity index is 384. The third-order valence-corrected chi connectivity index (χ3v) is 3.60. The minimum Gasteiger partial charge on any atom is -0.470 e. The summed E-state index contributed by atoms with van der Waals surface area (Å²) in [6.07, 6.45) is 5.29. The van der Waals surface area contributed by atoms with Gasteiger partial charge < -0.3 is 14.6 Å². The molecule has 1 N–H and O–H groups in total. The van der Waals surface area contributed by atoms with Crippen molar-refractivity contribution in [2.75, 3.05) is 18.5 Å². The van der Waals surface area contributed by atoms with Crippen molar-refractivity contribution < 1.29 is 9.21 Å². The summed E-state index contributed by atoms with van der Waals surface area (Å²) < 4.78 is 5.06. The molecule has 0 spiro atoms. The Morgan fingerprint density at radius 3 is 2.88 bits per heavy atom. The van der Waals surface area contributed by atoms with Gasteiger partial charge in [-0.25, -0.2) is 0 Å². The first-order valence-electron chi connectivity index (χ1n) is 6.07. The summed E-state index contributed by atoms with van der Waals surface area (Å²) in [4.78, 5) is 14.3. The fourth-order valence-electron chi connectivity index (χ4n) is 2.62. The highest BCUT2D eigenvalue weighted by atomic mass is 16.3. The molecule has 1 aromatic rings. The number of furan rings is 1. The van der Waals surface area contributed by atoms with E-state index in [4.69, 9.17) is 4.42 Å². The van der Waals surface area contributed by atoms with Crippen LogP contribution in [0, 0.1) is 5.41 Å². The summed E-state index contributed by atoms with van der Waals surface area (Å²) in [6, 6.07) is 1.70. The van der Waals surface area contributed by atoms with Crippen molar-refractivity contribution in [3.05, 3.63) is 18.6 Å². The van der Waals surface area contributed by atoms with Crippen LogP contribution in [-0.2, 0) is 4.79 Å². The predicted molar refractivity (Wildman–Crippen MR) is 66.9 cm³/mol. The second kappa shape index (κ2) is 4.53. The van der Waals surface area contributed by atoms with Crippen LogP contribution in [0.2, 0.25) is 0 Å². The number of amides is 1. The van der Waals surface area contributed by atoms with Crippen LogP contribution in [0.25, 0.3) is 0 Å². The topological polar surface area (TPSA) is 45.5 Å². The van der Waals surface area contributed by atoms with Gasteiger partial charge in [-0.15, -0.1) is 0 Å². The van der Waals surface area contributed by atoms with E-state index in [9.17, 15) is 4.79 Å². The number of carbonyl (C=O) groups is 1. The maximum atomic E-state index is 12.5. The number of anilines is 1. The zero-order valence-electron chi connectivity index (χ0n) is 10.7. The Labute approximate surface area is 102 Å². The quantitative estimate of drug-likeness (QED) is 0.854. The lowest BCUT2D eigenvalue weighted by Gasteiger charge is -2.32. The molecule has 17 heavy (non-hydrogen) atoms. The van der Waals surface area contributed by atoms with E-state index >= 15 is 0 Å². The van der Waals surface area contributed by atoms with E-state index in [-0.39, 0.29) is 17.4 Å². The van der Waals surface area contributed by atoms with Crippen molar-refractivity contribution in [1.82, 2.24) is 5.32 Å². The molecule has 4 heteroatoms. The van der Waals surface area contributed by atoms with Gasteiger partial charge in [0.05, 0.1) is 18.0 Å². The van der Waals surface area contributed by atoms with E-state index in [1.807, 2.05) is 18.0 Å². The number of nitrogens with zero attached hydrogens (tertiary/aromatic N) is 1. The average molecular weight is 236 g/mol. The Kier molecular flexibility index (Phi) is 3.24. The van der Waals surface area contributed by atoms with Gasteiger partial charge in [-0.1, -0.05) is 13.8 Å². The highest BCUT2D eigenvalue weighted by Crippen LogP contribution is 2.32. The molecule has 2 heterocycles. The fraction of sp³-hybridized carbons (Fsp3) is 0.615. The molecule has 1 amide bonds. The SMILES string of the molecule is CNC1C(=O)N(c2ccoc2)CCCC1(C)C. The van der Waals surface area contributed by atoms with Crippen LogP contribution < -0.4 is 10.2 Å². The number of hydrogen-bond acceptors (Lipinski definition) is 3. The summed E-state index contributed by atoms with van der Waals surface area (Å²) >= 11 is 0. The number of likely N-dealkylation sites (N-methyl/N-ethyl adjacent to an activating group) is 1. The molecule has 2 rings (SSSR count). The molecule has 4 nitrogen and oxygen atoms in total. The van der Waals surface area contributed by atoms with Crippen molar-refractivity contribution in [3.63, 3.8) is 0 Å². The summed E-state index contributed by atoms with van der Waals surface area (Å²) in [6.45, 7) is 5.05. The van der Waals surface area contributed by atoms with E-state index in [1.54, 1.807) is 12.5 Å². The molecule has 1 unspecified atom stereocenters. The maximum Gasteiger partial charge on any atom is 0.244 e. The van der Waals surface area contributed by atoms with E-state index in [0.29, 0.717) is 0 Å². The second-order valence-electron chi connectivity index (χ2n) is 5.29. The number of rotatable bonds is 2. The first-order valence-corrected chi connectivity index (χ1v) is 6.07. The predicted octanol–water partition coefficient (Wildman–Crippen LogP) is 2.02. The molecule has 1 atom stereocenters. The number of carbonyl (C=O) groups excluding carboxylic acids is 1. The normalized spacial score (nSPS) is 24.8. The lowest BCUT2D eigenvalue weighted by Crippen LogP contribution is -2.50. The lowest BCUT2D eigenvalue weighted by atomic mass is 9.80. The zero-order chi connectivity index (χ0) is 12.5. The Hall–Kier alpha value is -1.29. The molecule has 0 radical (unpaired) electrons. The van der Waals surface area contributed by atoms with Crippen LogP contribution in [0.15, 0.2) is 23.0 Å². The molecule has 0 aromatic carbocycles. The van der Waals surface area contributed by atoms with Crippen LogP contribution in [-0.4, -0.2) is 25.5 Å². The monoisotopic (exact) mass is 236 g/mol. The van der Waals surface area contributed by atoms with Crippen molar-refractivity contribution in [2.45, 2.75) is 32.7 Å². The summed E-state index contributed by atoms with van der Waals surface area (Å²) in [5, 5.41) is 3.15. The van der Waals surface area contributed by atoms with E-state index in [1.165, 1.54) is 0 Å². The van der Waals surface area contributed by atoms with Crippen LogP contribution in [0.3, 0.4) is 0 Å². The van der Waals surface area contributed by atoms with Gasteiger partial charge in [-0.2, -0.15) is 0 Å². The van der Waals surface area contributed by atoms with Gasteiger partial charge in [0.1, 0.15) is 6.26 Å². The van der Waals surface area contributed by atoms with Gasteiger partial charge in [0, 0.05) is 12.6 Å². The molecule has 94 valence electrons. The van der Waals surface area contributed by atoms with Gasteiger partial charge in [0.2, 0.25) is 5.91 Å². The van der Waals surface area contributed by atoms with E-state index in [0.717, 1.165) is 25.1 Å². The summed E-state index contributed by atoms with van der Waals surface area (Å²) in [5.74, 6) is 0.136.